The molecule has 0 aliphatic rings. The third-order valence-corrected chi connectivity index (χ3v) is 4.50. The van der Waals surface area contributed by atoms with Crippen molar-refractivity contribution in [2.75, 3.05) is 0 Å². The average molecular weight is 329 g/mol. The summed E-state index contributed by atoms with van der Waals surface area (Å²) in [7, 11) is 0. The Kier molecular flexibility index (Phi) is 3.94. The van der Waals surface area contributed by atoms with Crippen molar-refractivity contribution in [3.05, 3.63) is 77.6 Å². The third-order valence-electron chi connectivity index (χ3n) is 4.50. The van der Waals surface area contributed by atoms with Gasteiger partial charge in [0.2, 0.25) is 0 Å². The molecular weight excluding hydrogens is 310 g/mol. The molecule has 2 aromatic carbocycles. The lowest BCUT2D eigenvalue weighted by atomic mass is 10.1. The summed E-state index contributed by atoms with van der Waals surface area (Å²) in [6, 6.07) is 18.1. The fraction of sp³-hybridized carbons (Fsp3) is 0.143. The Labute approximate surface area is 145 Å². The van der Waals surface area contributed by atoms with Crippen molar-refractivity contribution < 1.29 is 4.79 Å². The highest BCUT2D eigenvalue weighted by Gasteiger charge is 2.11. The van der Waals surface area contributed by atoms with Gasteiger partial charge in [-0.05, 0) is 29.7 Å². The molecule has 0 bridgehead atoms. The van der Waals surface area contributed by atoms with E-state index in [0.29, 0.717) is 12.2 Å². The summed E-state index contributed by atoms with van der Waals surface area (Å²) in [5.74, 6) is -0.111. The lowest BCUT2D eigenvalue weighted by Crippen LogP contribution is -2.23. The standard InChI is InChI=1S/C21H19N3O/c1-2-14-5-7-15(8-6-14)13-23-21(25)18-12-17-10-9-16-4-3-11-22-19(16)20(17)24-18/h3-12,24H,2,13H2,1H3,(H,23,25). The number of hydrogen-bond donors (Lipinski definition) is 2. The summed E-state index contributed by atoms with van der Waals surface area (Å²) in [4.78, 5) is 20.1. The molecule has 25 heavy (non-hydrogen) atoms. The number of pyridine rings is 1. The van der Waals surface area contributed by atoms with E-state index in [2.05, 4.69) is 46.5 Å². The Morgan fingerprint density at radius 3 is 2.60 bits per heavy atom. The van der Waals surface area contributed by atoms with Crippen LogP contribution in [-0.4, -0.2) is 15.9 Å². The zero-order chi connectivity index (χ0) is 17.2. The van der Waals surface area contributed by atoms with E-state index >= 15 is 0 Å². The predicted molar refractivity (Wildman–Crippen MR) is 101 cm³/mol. The monoisotopic (exact) mass is 329 g/mol. The van der Waals surface area contributed by atoms with Crippen molar-refractivity contribution in [3.8, 4) is 0 Å². The predicted octanol–water partition coefficient (Wildman–Crippen LogP) is 4.21. The molecule has 0 radical (unpaired) electrons. The number of nitrogens with one attached hydrogen (secondary N) is 2. The summed E-state index contributed by atoms with van der Waals surface area (Å²) in [6.07, 6.45) is 2.78. The fourth-order valence-electron chi connectivity index (χ4n) is 3.03. The molecule has 0 saturated heterocycles. The van der Waals surface area contributed by atoms with Gasteiger partial charge in [-0.25, -0.2) is 0 Å². The van der Waals surface area contributed by atoms with E-state index in [1.807, 2.05) is 30.3 Å². The number of fused-ring (bicyclic) bond motifs is 3. The summed E-state index contributed by atoms with van der Waals surface area (Å²) in [5.41, 5.74) is 4.72. The van der Waals surface area contributed by atoms with Gasteiger partial charge in [0.1, 0.15) is 5.69 Å². The summed E-state index contributed by atoms with van der Waals surface area (Å²) in [5, 5.41) is 5.02. The first-order valence-electron chi connectivity index (χ1n) is 8.47. The number of benzene rings is 2. The van der Waals surface area contributed by atoms with Crippen molar-refractivity contribution in [2.24, 2.45) is 0 Å². The van der Waals surface area contributed by atoms with Crippen molar-refractivity contribution in [3.63, 3.8) is 0 Å². The molecule has 2 aromatic heterocycles. The number of H-pyrrole nitrogens is 1. The molecule has 2 heterocycles. The van der Waals surface area contributed by atoms with Gasteiger partial charge in [-0.3, -0.25) is 9.78 Å². The van der Waals surface area contributed by atoms with Gasteiger partial charge in [0.25, 0.3) is 5.91 Å². The molecule has 4 rings (SSSR count). The van der Waals surface area contributed by atoms with Gasteiger partial charge in [-0.15, -0.1) is 0 Å². The van der Waals surface area contributed by atoms with E-state index in [4.69, 9.17) is 0 Å². The Morgan fingerprint density at radius 1 is 1.04 bits per heavy atom. The molecule has 0 spiro atoms. The first-order valence-corrected chi connectivity index (χ1v) is 8.47. The van der Waals surface area contributed by atoms with Gasteiger partial charge < -0.3 is 10.3 Å². The molecule has 4 heteroatoms. The largest absolute Gasteiger partial charge is 0.349 e. The molecule has 0 aliphatic carbocycles. The number of aromatic amines is 1. The molecule has 2 N–H and O–H groups in total. The summed E-state index contributed by atoms with van der Waals surface area (Å²) >= 11 is 0. The van der Waals surface area contributed by atoms with Crippen LogP contribution in [0.25, 0.3) is 21.8 Å². The Bertz CT molecular complexity index is 1050. The number of nitrogens with zero attached hydrogens (tertiary/aromatic N) is 1. The Balaban J connectivity index is 1.56. The Morgan fingerprint density at radius 2 is 1.80 bits per heavy atom. The van der Waals surface area contributed by atoms with E-state index < -0.39 is 0 Å². The molecule has 0 atom stereocenters. The summed E-state index contributed by atoms with van der Waals surface area (Å²) in [6.45, 7) is 2.64. The van der Waals surface area contributed by atoms with Gasteiger partial charge in [0.05, 0.1) is 11.0 Å². The number of carbonyl (C=O) groups is 1. The molecule has 0 unspecified atom stereocenters. The highest BCUT2D eigenvalue weighted by Crippen LogP contribution is 2.23. The molecule has 0 saturated carbocycles. The maximum Gasteiger partial charge on any atom is 0.267 e. The minimum atomic E-state index is -0.111. The molecule has 4 aromatic rings. The molecule has 0 aliphatic heterocycles. The second-order valence-electron chi connectivity index (χ2n) is 6.14. The van der Waals surface area contributed by atoms with Crippen molar-refractivity contribution in [1.29, 1.82) is 0 Å². The van der Waals surface area contributed by atoms with Crippen molar-refractivity contribution >= 4 is 27.7 Å². The quantitative estimate of drug-likeness (QED) is 0.589. The maximum atomic E-state index is 12.5. The lowest BCUT2D eigenvalue weighted by molar-refractivity contribution is 0.0947. The smallest absolute Gasteiger partial charge is 0.267 e. The van der Waals surface area contributed by atoms with Crippen LogP contribution in [0.2, 0.25) is 0 Å². The van der Waals surface area contributed by atoms with E-state index in [-0.39, 0.29) is 5.91 Å². The molecular formula is C21H19N3O. The van der Waals surface area contributed by atoms with Crippen LogP contribution >= 0.6 is 0 Å². The van der Waals surface area contributed by atoms with Crippen LogP contribution in [0.3, 0.4) is 0 Å². The minimum Gasteiger partial charge on any atom is -0.349 e. The van der Waals surface area contributed by atoms with Gasteiger partial charge in [-0.2, -0.15) is 0 Å². The van der Waals surface area contributed by atoms with Crippen molar-refractivity contribution in [1.82, 2.24) is 15.3 Å². The maximum absolute atomic E-state index is 12.5. The number of amides is 1. The molecule has 1 amide bonds. The zero-order valence-corrected chi connectivity index (χ0v) is 14.0. The van der Waals surface area contributed by atoms with Crippen LogP contribution in [0.1, 0.15) is 28.5 Å². The Hall–Kier alpha value is -3.14. The number of carbonyl (C=O) groups excluding carboxylic acids is 1. The minimum absolute atomic E-state index is 0.111. The highest BCUT2D eigenvalue weighted by atomic mass is 16.1. The molecule has 4 nitrogen and oxygen atoms in total. The normalized spacial score (nSPS) is 11.1. The van der Waals surface area contributed by atoms with Gasteiger partial charge >= 0.3 is 0 Å². The molecule has 124 valence electrons. The average Bonchev–Trinajstić information content (AvgIpc) is 3.11. The fourth-order valence-corrected chi connectivity index (χ4v) is 3.03. The first kappa shape index (κ1) is 15.4. The second kappa shape index (κ2) is 6.40. The highest BCUT2D eigenvalue weighted by molar-refractivity contribution is 6.07. The summed E-state index contributed by atoms with van der Waals surface area (Å²) < 4.78 is 0. The van der Waals surface area contributed by atoms with Gasteiger partial charge in [-0.1, -0.05) is 49.4 Å². The van der Waals surface area contributed by atoms with Crippen LogP contribution < -0.4 is 5.32 Å². The number of rotatable bonds is 4. The van der Waals surface area contributed by atoms with Gasteiger partial charge in [0, 0.05) is 23.5 Å². The van der Waals surface area contributed by atoms with E-state index in [1.54, 1.807) is 6.20 Å². The van der Waals surface area contributed by atoms with Crippen LogP contribution in [0.15, 0.2) is 60.8 Å². The van der Waals surface area contributed by atoms with E-state index in [9.17, 15) is 4.79 Å². The van der Waals surface area contributed by atoms with Crippen molar-refractivity contribution in [2.45, 2.75) is 19.9 Å². The number of aryl methyl sites for hydroxylation is 1. The topological polar surface area (TPSA) is 57.8 Å². The SMILES string of the molecule is CCc1ccc(CNC(=O)c2cc3ccc4cccnc4c3[nH]2)cc1. The lowest BCUT2D eigenvalue weighted by Gasteiger charge is -2.05. The molecule has 0 fully saturated rings. The second-order valence-corrected chi connectivity index (χ2v) is 6.14. The van der Waals surface area contributed by atoms with Crippen LogP contribution in [0, 0.1) is 0 Å². The van der Waals surface area contributed by atoms with Crippen LogP contribution in [0.4, 0.5) is 0 Å². The number of hydrogen-bond acceptors (Lipinski definition) is 2. The zero-order valence-electron chi connectivity index (χ0n) is 14.0. The first-order chi connectivity index (χ1) is 12.2. The van der Waals surface area contributed by atoms with Crippen LogP contribution in [-0.2, 0) is 13.0 Å². The van der Waals surface area contributed by atoms with E-state index in [0.717, 1.165) is 33.8 Å². The van der Waals surface area contributed by atoms with E-state index in [1.165, 1.54) is 5.56 Å². The van der Waals surface area contributed by atoms with Crippen LogP contribution in [0.5, 0.6) is 0 Å². The third kappa shape index (κ3) is 2.98. The number of aromatic nitrogens is 2. The van der Waals surface area contributed by atoms with Gasteiger partial charge in [0.15, 0.2) is 0 Å².